The Hall–Kier alpha value is -3.01. The Kier molecular flexibility index (Phi) is 10.0. The van der Waals surface area contributed by atoms with Gasteiger partial charge in [-0.2, -0.15) is 13.2 Å². The zero-order valence-electron chi connectivity index (χ0n) is 22.3. The summed E-state index contributed by atoms with van der Waals surface area (Å²) in [7, 11) is 1.79. The third kappa shape index (κ3) is 7.84. The number of benzene rings is 2. The van der Waals surface area contributed by atoms with Gasteiger partial charge in [0.15, 0.2) is 5.78 Å². The molecule has 0 bridgehead atoms. The second-order valence-corrected chi connectivity index (χ2v) is 11.0. The average molecular weight is 610 g/mol. The number of hydrogen-bond donors (Lipinski definition) is 0. The molecule has 0 aliphatic carbocycles. The van der Waals surface area contributed by atoms with Gasteiger partial charge in [-0.3, -0.25) is 19.5 Å². The molecule has 1 fully saturated rings. The Morgan fingerprint density at radius 2 is 1.76 bits per heavy atom. The first-order valence-corrected chi connectivity index (χ1v) is 13.9. The average Bonchev–Trinajstić information content (AvgIpc) is 3.38. The molecular formula is C30H29Cl2F4N3O2. The molecule has 0 N–H and O–H groups in total. The van der Waals surface area contributed by atoms with E-state index in [1.165, 1.54) is 6.07 Å². The van der Waals surface area contributed by atoms with Crippen LogP contribution in [-0.4, -0.2) is 52.7 Å². The van der Waals surface area contributed by atoms with Crippen LogP contribution >= 0.6 is 23.2 Å². The van der Waals surface area contributed by atoms with Gasteiger partial charge >= 0.3 is 6.18 Å². The van der Waals surface area contributed by atoms with Crippen molar-refractivity contribution >= 4 is 34.9 Å². The van der Waals surface area contributed by atoms with Crippen molar-refractivity contribution in [2.45, 2.75) is 50.4 Å². The second kappa shape index (κ2) is 13.3. The number of Topliss-reactive ketones (excluding diaryl/α,β-unsaturated/α-hetero) is 1. The van der Waals surface area contributed by atoms with Crippen LogP contribution in [0, 0.1) is 5.82 Å². The summed E-state index contributed by atoms with van der Waals surface area (Å²) in [6.07, 6.45) is -1.55. The van der Waals surface area contributed by atoms with Crippen LogP contribution in [0.5, 0.6) is 0 Å². The lowest BCUT2D eigenvalue weighted by Crippen LogP contribution is -2.38. The minimum absolute atomic E-state index is 0.0585. The Labute approximate surface area is 246 Å². The van der Waals surface area contributed by atoms with Crippen molar-refractivity contribution in [3.8, 4) is 0 Å². The standard InChI is InChI=1S/C30H29Cl2F4N3O2/c1-38(16-19-9-11-22(25(33)14-19)30(34,35)36)27-18-39(17-21(27)20-10-12-23(31)24(32)15-20)29(41)8-3-2-7-28(40)26-6-4-5-13-37-26/h4-6,9-15,21,27H,2-3,7-8,16-18H2,1H3/t21-,27+/m1/s1. The number of alkyl halides is 3. The molecule has 2 atom stereocenters. The number of amides is 1. The van der Waals surface area contributed by atoms with Crippen LogP contribution in [0.4, 0.5) is 17.6 Å². The summed E-state index contributed by atoms with van der Waals surface area (Å²) in [6, 6.07) is 13.1. The van der Waals surface area contributed by atoms with Crippen molar-refractivity contribution in [3.63, 3.8) is 0 Å². The predicted molar refractivity (Wildman–Crippen MR) is 149 cm³/mol. The van der Waals surface area contributed by atoms with Crippen molar-refractivity contribution in [2.24, 2.45) is 0 Å². The maximum absolute atomic E-state index is 14.2. The van der Waals surface area contributed by atoms with E-state index in [1.807, 2.05) is 11.0 Å². The number of nitrogens with zero attached hydrogens (tertiary/aromatic N) is 3. The van der Waals surface area contributed by atoms with Crippen molar-refractivity contribution in [3.05, 3.63) is 99.0 Å². The van der Waals surface area contributed by atoms with Gasteiger partial charge in [-0.25, -0.2) is 4.39 Å². The van der Waals surface area contributed by atoms with Crippen molar-refractivity contribution in [1.29, 1.82) is 0 Å². The van der Waals surface area contributed by atoms with E-state index >= 15 is 0 Å². The van der Waals surface area contributed by atoms with Crippen LogP contribution in [0.2, 0.25) is 10.0 Å². The number of unbranched alkanes of at least 4 members (excludes halogenated alkanes) is 1. The summed E-state index contributed by atoms with van der Waals surface area (Å²) in [6.45, 7) is 0.950. The zero-order chi connectivity index (χ0) is 29.7. The summed E-state index contributed by atoms with van der Waals surface area (Å²) in [5.74, 6) is -1.62. The Bertz CT molecular complexity index is 1390. The maximum atomic E-state index is 14.2. The van der Waals surface area contributed by atoms with Gasteiger partial charge in [-0.05, 0) is 67.4 Å². The lowest BCUT2D eigenvalue weighted by Gasteiger charge is -2.29. The number of carbonyl (C=O) groups is 2. The normalized spacial score (nSPS) is 17.3. The van der Waals surface area contributed by atoms with E-state index in [2.05, 4.69) is 4.98 Å². The van der Waals surface area contributed by atoms with Gasteiger partial charge in [0, 0.05) is 50.6 Å². The fraction of sp³-hybridized carbons (Fsp3) is 0.367. The predicted octanol–water partition coefficient (Wildman–Crippen LogP) is 7.42. The highest BCUT2D eigenvalue weighted by atomic mass is 35.5. The Morgan fingerprint density at radius 1 is 1.00 bits per heavy atom. The summed E-state index contributed by atoms with van der Waals surface area (Å²) in [5, 5.41) is 0.768. The lowest BCUT2D eigenvalue weighted by molar-refractivity contribution is -0.140. The molecule has 0 saturated carbocycles. The first-order chi connectivity index (χ1) is 19.4. The third-order valence-electron chi connectivity index (χ3n) is 7.35. The Morgan fingerprint density at radius 3 is 2.41 bits per heavy atom. The zero-order valence-corrected chi connectivity index (χ0v) is 23.8. The maximum Gasteiger partial charge on any atom is 0.419 e. The largest absolute Gasteiger partial charge is 0.419 e. The monoisotopic (exact) mass is 609 g/mol. The van der Waals surface area contributed by atoms with Gasteiger partial charge < -0.3 is 4.90 Å². The van der Waals surface area contributed by atoms with Crippen molar-refractivity contribution < 1.29 is 27.2 Å². The molecule has 1 amide bonds. The number of rotatable bonds is 10. The molecule has 11 heteroatoms. The summed E-state index contributed by atoms with van der Waals surface area (Å²) in [4.78, 5) is 33.2. The lowest BCUT2D eigenvalue weighted by atomic mass is 9.93. The highest BCUT2D eigenvalue weighted by Gasteiger charge is 2.39. The molecule has 41 heavy (non-hydrogen) atoms. The van der Waals surface area contributed by atoms with Gasteiger partial charge in [0.1, 0.15) is 11.5 Å². The van der Waals surface area contributed by atoms with Crippen molar-refractivity contribution in [1.82, 2.24) is 14.8 Å². The summed E-state index contributed by atoms with van der Waals surface area (Å²) in [5.41, 5.74) is 0.345. The number of pyridine rings is 1. The molecule has 1 saturated heterocycles. The first kappa shape index (κ1) is 30.9. The minimum atomic E-state index is -4.77. The molecule has 1 aromatic heterocycles. The first-order valence-electron chi connectivity index (χ1n) is 13.2. The molecule has 3 aromatic rings. The van der Waals surface area contributed by atoms with Crippen LogP contribution in [0.15, 0.2) is 60.8 Å². The van der Waals surface area contributed by atoms with E-state index in [4.69, 9.17) is 23.2 Å². The quantitative estimate of drug-likeness (QED) is 0.136. The van der Waals surface area contributed by atoms with Gasteiger partial charge in [0.05, 0.1) is 15.6 Å². The van der Waals surface area contributed by atoms with E-state index in [1.54, 1.807) is 48.5 Å². The van der Waals surface area contributed by atoms with Crippen LogP contribution in [0.1, 0.15) is 58.8 Å². The van der Waals surface area contributed by atoms with Crippen LogP contribution in [0.3, 0.4) is 0 Å². The third-order valence-corrected chi connectivity index (χ3v) is 8.08. The summed E-state index contributed by atoms with van der Waals surface area (Å²) < 4.78 is 53.2. The van der Waals surface area contributed by atoms with E-state index < -0.39 is 17.6 Å². The smallest absolute Gasteiger partial charge is 0.340 e. The summed E-state index contributed by atoms with van der Waals surface area (Å²) >= 11 is 12.4. The molecule has 4 rings (SSSR count). The fourth-order valence-corrected chi connectivity index (χ4v) is 5.48. The molecule has 0 unspecified atom stereocenters. The number of hydrogen-bond acceptors (Lipinski definition) is 4. The molecule has 2 heterocycles. The fourth-order valence-electron chi connectivity index (χ4n) is 5.18. The van der Waals surface area contributed by atoms with E-state index in [0.717, 1.165) is 17.7 Å². The minimum Gasteiger partial charge on any atom is -0.340 e. The highest BCUT2D eigenvalue weighted by molar-refractivity contribution is 6.42. The number of aromatic nitrogens is 1. The number of halogens is 6. The molecule has 5 nitrogen and oxygen atoms in total. The highest BCUT2D eigenvalue weighted by Crippen LogP contribution is 2.36. The van der Waals surface area contributed by atoms with Crippen LogP contribution < -0.4 is 0 Å². The molecule has 1 aliphatic heterocycles. The molecule has 1 aliphatic rings. The number of likely N-dealkylation sites (tertiary alicyclic amines) is 1. The molecule has 2 aromatic carbocycles. The number of carbonyl (C=O) groups excluding carboxylic acids is 2. The van der Waals surface area contributed by atoms with Gasteiger partial charge in [-0.15, -0.1) is 0 Å². The van der Waals surface area contributed by atoms with Gasteiger partial charge in [0.2, 0.25) is 5.91 Å². The van der Waals surface area contributed by atoms with E-state index in [0.29, 0.717) is 53.7 Å². The molecule has 218 valence electrons. The number of ketones is 1. The molecule has 0 spiro atoms. The van der Waals surface area contributed by atoms with Gasteiger partial charge in [-0.1, -0.05) is 41.4 Å². The topological polar surface area (TPSA) is 53.5 Å². The van der Waals surface area contributed by atoms with Crippen LogP contribution in [-0.2, 0) is 17.5 Å². The molecular weight excluding hydrogens is 581 g/mol. The molecule has 0 radical (unpaired) electrons. The van der Waals surface area contributed by atoms with E-state index in [9.17, 15) is 27.2 Å². The van der Waals surface area contributed by atoms with Gasteiger partial charge in [0.25, 0.3) is 0 Å². The Balaban J connectivity index is 1.43. The van der Waals surface area contributed by atoms with Crippen LogP contribution in [0.25, 0.3) is 0 Å². The second-order valence-electron chi connectivity index (χ2n) is 10.2. The number of likely N-dealkylation sites (N-methyl/N-ethyl adjacent to an activating group) is 1. The van der Waals surface area contributed by atoms with E-state index in [-0.39, 0.29) is 36.6 Å². The van der Waals surface area contributed by atoms with Crippen molar-refractivity contribution in [2.75, 3.05) is 20.1 Å². The SMILES string of the molecule is CN(Cc1ccc(C(F)(F)F)c(F)c1)[C@H]1CN(C(=O)CCCCC(=O)c2ccccn2)C[C@@H]1c1ccc(Cl)c(Cl)c1.